The number of carbonyl (C=O) groups is 1. The van der Waals surface area contributed by atoms with E-state index in [-0.39, 0.29) is 11.9 Å². The zero-order valence-electron chi connectivity index (χ0n) is 8.82. The normalized spacial score (nSPS) is 20.2. The molecule has 0 saturated carbocycles. The summed E-state index contributed by atoms with van der Waals surface area (Å²) < 4.78 is 5.20. The van der Waals surface area contributed by atoms with Gasteiger partial charge in [0.1, 0.15) is 0 Å². The molecule has 2 rings (SSSR count). The van der Waals surface area contributed by atoms with Gasteiger partial charge < -0.3 is 10.1 Å². The Balaban J connectivity index is 2.01. The second-order valence-electron chi connectivity index (χ2n) is 3.90. The SMILES string of the molecule is Cc1cccc(C(=O)NC2CCOC2)c1. The van der Waals surface area contributed by atoms with E-state index in [2.05, 4.69) is 5.32 Å². The lowest BCUT2D eigenvalue weighted by atomic mass is 10.1. The van der Waals surface area contributed by atoms with Gasteiger partial charge in [0.15, 0.2) is 0 Å². The number of benzene rings is 1. The topological polar surface area (TPSA) is 38.3 Å². The molecule has 1 aromatic carbocycles. The van der Waals surface area contributed by atoms with Gasteiger partial charge in [-0.3, -0.25) is 4.79 Å². The summed E-state index contributed by atoms with van der Waals surface area (Å²) in [4.78, 5) is 11.8. The van der Waals surface area contributed by atoms with Crippen molar-refractivity contribution in [1.82, 2.24) is 5.32 Å². The van der Waals surface area contributed by atoms with Gasteiger partial charge in [0.25, 0.3) is 5.91 Å². The Hall–Kier alpha value is -1.35. The van der Waals surface area contributed by atoms with Crippen LogP contribution in [0.25, 0.3) is 0 Å². The number of amides is 1. The van der Waals surface area contributed by atoms with E-state index in [0.29, 0.717) is 6.61 Å². The van der Waals surface area contributed by atoms with E-state index in [1.807, 2.05) is 31.2 Å². The molecule has 1 saturated heterocycles. The zero-order chi connectivity index (χ0) is 10.7. The molecule has 15 heavy (non-hydrogen) atoms. The molecule has 1 N–H and O–H groups in total. The average molecular weight is 205 g/mol. The van der Waals surface area contributed by atoms with Crippen LogP contribution in [0.4, 0.5) is 0 Å². The molecule has 1 amide bonds. The smallest absolute Gasteiger partial charge is 0.251 e. The van der Waals surface area contributed by atoms with Crippen LogP contribution in [-0.2, 0) is 4.74 Å². The van der Waals surface area contributed by atoms with Gasteiger partial charge in [0, 0.05) is 12.2 Å². The van der Waals surface area contributed by atoms with Crippen LogP contribution in [-0.4, -0.2) is 25.2 Å². The molecule has 0 spiro atoms. The Morgan fingerprint density at radius 3 is 3.07 bits per heavy atom. The highest BCUT2D eigenvalue weighted by molar-refractivity contribution is 5.94. The molecule has 3 nitrogen and oxygen atoms in total. The highest BCUT2D eigenvalue weighted by Gasteiger charge is 2.18. The number of ether oxygens (including phenoxy) is 1. The highest BCUT2D eigenvalue weighted by atomic mass is 16.5. The number of rotatable bonds is 2. The molecule has 1 atom stereocenters. The van der Waals surface area contributed by atoms with Crippen molar-refractivity contribution in [1.29, 1.82) is 0 Å². The van der Waals surface area contributed by atoms with Crippen molar-refractivity contribution in [3.63, 3.8) is 0 Å². The molecular weight excluding hydrogens is 190 g/mol. The van der Waals surface area contributed by atoms with Crippen molar-refractivity contribution in [2.24, 2.45) is 0 Å². The minimum atomic E-state index is -0.00537. The summed E-state index contributed by atoms with van der Waals surface area (Å²) in [6.45, 7) is 3.37. The van der Waals surface area contributed by atoms with Gasteiger partial charge in [0.05, 0.1) is 12.6 Å². The molecule has 0 bridgehead atoms. The van der Waals surface area contributed by atoms with E-state index in [0.717, 1.165) is 24.2 Å². The zero-order valence-corrected chi connectivity index (χ0v) is 8.82. The molecule has 80 valence electrons. The minimum Gasteiger partial charge on any atom is -0.379 e. The van der Waals surface area contributed by atoms with Gasteiger partial charge in [-0.2, -0.15) is 0 Å². The second-order valence-corrected chi connectivity index (χ2v) is 3.90. The third-order valence-corrected chi connectivity index (χ3v) is 2.55. The van der Waals surface area contributed by atoms with Crippen molar-refractivity contribution < 1.29 is 9.53 Å². The van der Waals surface area contributed by atoms with Crippen LogP contribution in [0.5, 0.6) is 0 Å². The van der Waals surface area contributed by atoms with Crippen LogP contribution in [0.1, 0.15) is 22.3 Å². The molecule has 1 aliphatic rings. The standard InChI is InChI=1S/C12H15NO2/c1-9-3-2-4-10(7-9)12(14)13-11-5-6-15-8-11/h2-4,7,11H,5-6,8H2,1H3,(H,13,14). The first-order chi connectivity index (χ1) is 7.25. The van der Waals surface area contributed by atoms with Crippen LogP contribution in [0.2, 0.25) is 0 Å². The molecule has 0 aliphatic carbocycles. The highest BCUT2D eigenvalue weighted by Crippen LogP contribution is 2.07. The quantitative estimate of drug-likeness (QED) is 0.794. The van der Waals surface area contributed by atoms with E-state index < -0.39 is 0 Å². The van der Waals surface area contributed by atoms with Gasteiger partial charge >= 0.3 is 0 Å². The molecule has 1 aromatic rings. The van der Waals surface area contributed by atoms with Gasteiger partial charge in [-0.25, -0.2) is 0 Å². The summed E-state index contributed by atoms with van der Waals surface area (Å²) in [5.74, 6) is -0.00537. The maximum absolute atomic E-state index is 11.8. The van der Waals surface area contributed by atoms with Gasteiger partial charge in [-0.1, -0.05) is 17.7 Å². The predicted molar refractivity (Wildman–Crippen MR) is 57.9 cm³/mol. The van der Waals surface area contributed by atoms with Crippen molar-refractivity contribution in [2.45, 2.75) is 19.4 Å². The van der Waals surface area contributed by atoms with Crippen molar-refractivity contribution in [3.8, 4) is 0 Å². The number of hydrogen-bond donors (Lipinski definition) is 1. The summed E-state index contributed by atoms with van der Waals surface area (Å²) in [7, 11) is 0. The fraction of sp³-hybridized carbons (Fsp3) is 0.417. The van der Waals surface area contributed by atoms with Crippen LogP contribution in [0.3, 0.4) is 0 Å². The van der Waals surface area contributed by atoms with Crippen molar-refractivity contribution >= 4 is 5.91 Å². The lowest BCUT2D eigenvalue weighted by Gasteiger charge is -2.10. The van der Waals surface area contributed by atoms with Gasteiger partial charge in [-0.05, 0) is 25.5 Å². The van der Waals surface area contributed by atoms with E-state index in [1.165, 1.54) is 0 Å². The maximum atomic E-state index is 11.8. The molecule has 1 fully saturated rings. The minimum absolute atomic E-state index is 0.00537. The largest absolute Gasteiger partial charge is 0.379 e. The molecule has 0 aromatic heterocycles. The van der Waals surface area contributed by atoms with Crippen LogP contribution in [0, 0.1) is 6.92 Å². The van der Waals surface area contributed by atoms with E-state index >= 15 is 0 Å². The van der Waals surface area contributed by atoms with E-state index in [1.54, 1.807) is 0 Å². The third kappa shape index (κ3) is 2.57. The number of hydrogen-bond acceptors (Lipinski definition) is 2. The lowest BCUT2D eigenvalue weighted by molar-refractivity contribution is 0.0930. The molecule has 1 aliphatic heterocycles. The summed E-state index contributed by atoms with van der Waals surface area (Å²) in [5.41, 5.74) is 1.83. The fourth-order valence-electron chi connectivity index (χ4n) is 1.70. The van der Waals surface area contributed by atoms with E-state index in [4.69, 9.17) is 4.74 Å². The monoisotopic (exact) mass is 205 g/mol. The molecule has 1 unspecified atom stereocenters. The average Bonchev–Trinajstić information content (AvgIpc) is 2.70. The number of aryl methyl sites for hydroxylation is 1. The molecule has 0 radical (unpaired) electrons. The number of carbonyl (C=O) groups excluding carboxylic acids is 1. The Morgan fingerprint density at radius 1 is 1.53 bits per heavy atom. The number of nitrogens with one attached hydrogen (secondary N) is 1. The third-order valence-electron chi connectivity index (χ3n) is 2.55. The Labute approximate surface area is 89.4 Å². The summed E-state index contributed by atoms with van der Waals surface area (Å²) in [6.07, 6.45) is 0.914. The summed E-state index contributed by atoms with van der Waals surface area (Å²) in [6, 6.07) is 7.78. The van der Waals surface area contributed by atoms with Crippen molar-refractivity contribution in [3.05, 3.63) is 35.4 Å². The fourth-order valence-corrected chi connectivity index (χ4v) is 1.70. The lowest BCUT2D eigenvalue weighted by Crippen LogP contribution is -2.34. The summed E-state index contributed by atoms with van der Waals surface area (Å²) >= 11 is 0. The Kier molecular flexibility index (Phi) is 3.02. The van der Waals surface area contributed by atoms with Crippen LogP contribution < -0.4 is 5.32 Å². The first kappa shape index (κ1) is 10.2. The first-order valence-electron chi connectivity index (χ1n) is 5.21. The molecular formula is C12H15NO2. The van der Waals surface area contributed by atoms with Gasteiger partial charge in [-0.15, -0.1) is 0 Å². The van der Waals surface area contributed by atoms with Crippen LogP contribution >= 0.6 is 0 Å². The van der Waals surface area contributed by atoms with Crippen molar-refractivity contribution in [2.75, 3.05) is 13.2 Å². The Bertz CT molecular complexity index is 356. The van der Waals surface area contributed by atoms with Gasteiger partial charge in [0.2, 0.25) is 0 Å². The predicted octanol–water partition coefficient (Wildman–Crippen LogP) is 1.51. The van der Waals surface area contributed by atoms with Crippen LogP contribution in [0.15, 0.2) is 24.3 Å². The first-order valence-corrected chi connectivity index (χ1v) is 5.21. The molecule has 1 heterocycles. The molecule has 3 heteroatoms. The van der Waals surface area contributed by atoms with E-state index in [9.17, 15) is 4.79 Å². The summed E-state index contributed by atoms with van der Waals surface area (Å²) in [5, 5.41) is 2.96. The maximum Gasteiger partial charge on any atom is 0.251 e. The second kappa shape index (κ2) is 4.45. The Morgan fingerprint density at radius 2 is 2.40 bits per heavy atom.